The molecule has 0 heterocycles. The van der Waals surface area contributed by atoms with Crippen LogP contribution in [-0.4, -0.2) is 12.6 Å². The first-order valence-electron chi connectivity index (χ1n) is 3.03. The Hall–Kier alpha value is -0.120. The van der Waals surface area contributed by atoms with Crippen LogP contribution < -0.4 is 17.0 Å². The lowest BCUT2D eigenvalue weighted by atomic mass is 9.81. The average Bonchev–Trinajstić information content (AvgIpc) is 1.65. The van der Waals surface area contributed by atoms with Crippen molar-refractivity contribution in [3.05, 3.63) is 0 Å². The first-order chi connectivity index (χ1) is 3.86. The van der Waals surface area contributed by atoms with Crippen molar-refractivity contribution in [2.45, 2.75) is 18.9 Å². The Morgan fingerprint density at radius 2 is 2.12 bits per heavy atom. The summed E-state index contributed by atoms with van der Waals surface area (Å²) in [5, 5.41) is 0. The van der Waals surface area contributed by atoms with Gasteiger partial charge in [0.1, 0.15) is 0 Å². The zero-order valence-corrected chi connectivity index (χ0v) is 4.93. The molecule has 1 saturated carbocycles. The largest absolute Gasteiger partial charge is 0.330 e. The fraction of sp³-hybridized carbons (Fsp3) is 1.00. The molecule has 3 nitrogen and oxygen atoms in total. The summed E-state index contributed by atoms with van der Waals surface area (Å²) in [6, 6.07) is 0.545. The standard InChI is InChI=1S/C5H13N3/c6-3-4-1-5(2-4)8-7/h4-5,8H,1-3,6-7H2. The van der Waals surface area contributed by atoms with Gasteiger partial charge < -0.3 is 5.73 Å². The summed E-state index contributed by atoms with van der Waals surface area (Å²) in [6.45, 7) is 0.818. The maximum absolute atomic E-state index is 5.38. The van der Waals surface area contributed by atoms with E-state index >= 15 is 0 Å². The molecule has 8 heavy (non-hydrogen) atoms. The van der Waals surface area contributed by atoms with Crippen LogP contribution in [0.4, 0.5) is 0 Å². The summed E-state index contributed by atoms with van der Waals surface area (Å²) in [7, 11) is 0. The smallest absolute Gasteiger partial charge is 0.0216 e. The van der Waals surface area contributed by atoms with Crippen LogP contribution in [0.15, 0.2) is 0 Å². The van der Waals surface area contributed by atoms with E-state index in [2.05, 4.69) is 5.43 Å². The van der Waals surface area contributed by atoms with Gasteiger partial charge >= 0.3 is 0 Å². The van der Waals surface area contributed by atoms with Gasteiger partial charge in [0.15, 0.2) is 0 Å². The van der Waals surface area contributed by atoms with Gasteiger partial charge in [-0.2, -0.15) is 0 Å². The monoisotopic (exact) mass is 115 g/mol. The molecule has 1 aliphatic carbocycles. The minimum absolute atomic E-state index is 0.545. The molecule has 1 aliphatic rings. The molecule has 0 atom stereocenters. The zero-order chi connectivity index (χ0) is 5.98. The van der Waals surface area contributed by atoms with Crippen LogP contribution in [0.1, 0.15) is 12.8 Å². The van der Waals surface area contributed by atoms with Crippen molar-refractivity contribution in [2.75, 3.05) is 6.54 Å². The molecule has 0 bridgehead atoms. The molecule has 0 amide bonds. The fourth-order valence-electron chi connectivity index (χ4n) is 1.06. The Morgan fingerprint density at radius 3 is 2.50 bits per heavy atom. The van der Waals surface area contributed by atoms with Gasteiger partial charge in [-0.1, -0.05) is 0 Å². The topological polar surface area (TPSA) is 64.1 Å². The van der Waals surface area contributed by atoms with Crippen LogP contribution in [0.2, 0.25) is 0 Å². The van der Waals surface area contributed by atoms with E-state index in [4.69, 9.17) is 11.6 Å². The van der Waals surface area contributed by atoms with Gasteiger partial charge in [0.05, 0.1) is 0 Å². The second kappa shape index (κ2) is 2.44. The van der Waals surface area contributed by atoms with Crippen molar-refractivity contribution >= 4 is 0 Å². The van der Waals surface area contributed by atoms with Crippen molar-refractivity contribution in [3.63, 3.8) is 0 Å². The minimum atomic E-state index is 0.545. The molecule has 1 fully saturated rings. The Kier molecular flexibility index (Phi) is 1.83. The second-order valence-electron chi connectivity index (χ2n) is 2.44. The van der Waals surface area contributed by atoms with E-state index in [1.807, 2.05) is 0 Å². The third-order valence-corrected chi connectivity index (χ3v) is 1.80. The lowest BCUT2D eigenvalue weighted by Gasteiger charge is -2.33. The summed E-state index contributed by atoms with van der Waals surface area (Å²) >= 11 is 0. The van der Waals surface area contributed by atoms with Crippen molar-refractivity contribution < 1.29 is 0 Å². The van der Waals surface area contributed by atoms with Crippen LogP contribution in [0.5, 0.6) is 0 Å². The predicted octanol–water partition coefficient (Wildman–Crippen LogP) is -0.813. The molecule has 0 unspecified atom stereocenters. The first kappa shape index (κ1) is 6.01. The highest BCUT2D eigenvalue weighted by atomic mass is 15.2. The molecular weight excluding hydrogens is 102 g/mol. The van der Waals surface area contributed by atoms with Crippen molar-refractivity contribution in [3.8, 4) is 0 Å². The Balaban J connectivity index is 2.03. The number of nitrogens with two attached hydrogens (primary N) is 2. The van der Waals surface area contributed by atoms with E-state index in [1.165, 1.54) is 0 Å². The SMILES string of the molecule is NCC1CC(NN)C1. The highest BCUT2D eigenvalue weighted by Gasteiger charge is 2.26. The number of rotatable bonds is 2. The van der Waals surface area contributed by atoms with Gasteiger partial charge in [-0.15, -0.1) is 0 Å². The Labute approximate surface area is 49.4 Å². The second-order valence-corrected chi connectivity index (χ2v) is 2.44. The van der Waals surface area contributed by atoms with Gasteiger partial charge in [0.2, 0.25) is 0 Å². The molecule has 0 aromatic heterocycles. The first-order valence-corrected chi connectivity index (χ1v) is 3.03. The van der Waals surface area contributed by atoms with E-state index in [-0.39, 0.29) is 0 Å². The Bertz CT molecular complexity index is 60.1. The summed E-state index contributed by atoms with van der Waals surface area (Å²) in [5.74, 6) is 5.89. The third-order valence-electron chi connectivity index (χ3n) is 1.80. The number of hydrogen-bond acceptors (Lipinski definition) is 3. The number of hydrogen-bond donors (Lipinski definition) is 3. The van der Waals surface area contributed by atoms with E-state index in [9.17, 15) is 0 Å². The van der Waals surface area contributed by atoms with Crippen molar-refractivity contribution in [1.82, 2.24) is 5.43 Å². The summed E-state index contributed by atoms with van der Waals surface area (Å²) in [4.78, 5) is 0. The summed E-state index contributed by atoms with van der Waals surface area (Å²) < 4.78 is 0. The third kappa shape index (κ3) is 0.992. The van der Waals surface area contributed by atoms with Crippen molar-refractivity contribution in [2.24, 2.45) is 17.5 Å². The normalized spacial score (nSPS) is 36.8. The lowest BCUT2D eigenvalue weighted by molar-refractivity contribution is 0.231. The highest BCUT2D eigenvalue weighted by molar-refractivity contribution is 4.83. The van der Waals surface area contributed by atoms with Gasteiger partial charge in [-0.05, 0) is 25.3 Å². The molecule has 0 spiro atoms. The van der Waals surface area contributed by atoms with Crippen LogP contribution in [-0.2, 0) is 0 Å². The highest BCUT2D eigenvalue weighted by Crippen LogP contribution is 2.24. The zero-order valence-electron chi connectivity index (χ0n) is 4.93. The molecule has 5 N–H and O–H groups in total. The van der Waals surface area contributed by atoms with Gasteiger partial charge in [-0.25, -0.2) is 0 Å². The fourth-order valence-corrected chi connectivity index (χ4v) is 1.06. The summed E-state index contributed by atoms with van der Waals surface area (Å²) in [5.41, 5.74) is 8.09. The van der Waals surface area contributed by atoms with E-state index in [1.54, 1.807) is 0 Å². The quantitative estimate of drug-likeness (QED) is 0.325. The van der Waals surface area contributed by atoms with Crippen LogP contribution in [0.3, 0.4) is 0 Å². The molecule has 3 heteroatoms. The molecule has 0 aromatic carbocycles. The maximum Gasteiger partial charge on any atom is 0.0216 e. The van der Waals surface area contributed by atoms with Gasteiger partial charge in [-0.3, -0.25) is 11.3 Å². The van der Waals surface area contributed by atoms with E-state index in [0.717, 1.165) is 25.3 Å². The van der Waals surface area contributed by atoms with Crippen LogP contribution in [0, 0.1) is 5.92 Å². The molecule has 48 valence electrons. The van der Waals surface area contributed by atoms with Crippen LogP contribution in [0.25, 0.3) is 0 Å². The van der Waals surface area contributed by atoms with Gasteiger partial charge in [0, 0.05) is 6.04 Å². The lowest BCUT2D eigenvalue weighted by Crippen LogP contribution is -2.46. The average molecular weight is 115 g/mol. The summed E-state index contributed by atoms with van der Waals surface area (Å²) in [6.07, 6.45) is 2.32. The van der Waals surface area contributed by atoms with E-state index < -0.39 is 0 Å². The maximum atomic E-state index is 5.38. The number of hydrazine groups is 1. The molecular formula is C5H13N3. The molecule has 0 saturated heterocycles. The number of nitrogens with one attached hydrogen (secondary N) is 1. The van der Waals surface area contributed by atoms with E-state index in [0.29, 0.717) is 6.04 Å². The Morgan fingerprint density at radius 1 is 1.50 bits per heavy atom. The van der Waals surface area contributed by atoms with Gasteiger partial charge in [0.25, 0.3) is 0 Å². The molecule has 0 radical (unpaired) electrons. The minimum Gasteiger partial charge on any atom is -0.330 e. The molecule has 0 aromatic rings. The van der Waals surface area contributed by atoms with Crippen molar-refractivity contribution in [1.29, 1.82) is 0 Å². The predicted molar refractivity (Wildman–Crippen MR) is 32.9 cm³/mol. The molecule has 0 aliphatic heterocycles. The molecule has 1 rings (SSSR count). The van der Waals surface area contributed by atoms with Crippen LogP contribution >= 0.6 is 0 Å².